The van der Waals surface area contributed by atoms with Crippen LogP contribution in [0.15, 0.2) is 24.3 Å². The Bertz CT molecular complexity index is 331. The monoisotopic (exact) mass is 219 g/mol. The van der Waals surface area contributed by atoms with Gasteiger partial charge in [-0.25, -0.2) is 0 Å². The molecule has 0 bridgehead atoms. The van der Waals surface area contributed by atoms with Crippen molar-refractivity contribution in [3.05, 3.63) is 35.4 Å². The molecule has 0 radical (unpaired) electrons. The summed E-state index contributed by atoms with van der Waals surface area (Å²) in [6.45, 7) is 3.24. The molecule has 0 spiro atoms. The molecule has 0 amide bonds. The van der Waals surface area contributed by atoms with E-state index in [0.717, 1.165) is 6.54 Å². The highest BCUT2D eigenvalue weighted by atomic mass is 16.5. The van der Waals surface area contributed by atoms with Crippen LogP contribution in [0.3, 0.4) is 0 Å². The van der Waals surface area contributed by atoms with Gasteiger partial charge in [-0.2, -0.15) is 0 Å². The molecule has 0 aliphatic carbocycles. The van der Waals surface area contributed by atoms with Crippen molar-refractivity contribution in [1.82, 2.24) is 5.32 Å². The van der Waals surface area contributed by atoms with Crippen LogP contribution in [0.4, 0.5) is 0 Å². The van der Waals surface area contributed by atoms with E-state index in [2.05, 4.69) is 36.5 Å². The highest BCUT2D eigenvalue weighted by Gasteiger charge is 2.15. The standard InChI is InChI=1S/C14H21NO/c1-11(16-2)12-6-5-7-13(10-12)14-8-3-4-9-15-14/h5-7,10-11,14-15H,3-4,8-9H2,1-2H3. The van der Waals surface area contributed by atoms with Crippen LogP contribution in [-0.2, 0) is 4.74 Å². The van der Waals surface area contributed by atoms with E-state index in [1.807, 2.05) is 0 Å². The average molecular weight is 219 g/mol. The molecule has 1 heterocycles. The summed E-state index contributed by atoms with van der Waals surface area (Å²) in [5, 5.41) is 3.58. The minimum Gasteiger partial charge on any atom is -0.377 e. The molecule has 2 atom stereocenters. The zero-order valence-electron chi connectivity index (χ0n) is 10.2. The largest absolute Gasteiger partial charge is 0.377 e. The van der Waals surface area contributed by atoms with Crippen LogP contribution in [0.1, 0.15) is 49.5 Å². The molecule has 1 fully saturated rings. The van der Waals surface area contributed by atoms with Crippen LogP contribution in [0.25, 0.3) is 0 Å². The van der Waals surface area contributed by atoms with Gasteiger partial charge in [-0.3, -0.25) is 0 Å². The summed E-state index contributed by atoms with van der Waals surface area (Å²) < 4.78 is 5.36. The zero-order chi connectivity index (χ0) is 11.4. The van der Waals surface area contributed by atoms with Gasteiger partial charge in [-0.1, -0.05) is 30.7 Å². The third kappa shape index (κ3) is 2.63. The van der Waals surface area contributed by atoms with Gasteiger partial charge in [-0.15, -0.1) is 0 Å². The molecule has 16 heavy (non-hydrogen) atoms. The minimum absolute atomic E-state index is 0.184. The first-order chi connectivity index (χ1) is 7.81. The van der Waals surface area contributed by atoms with Crippen molar-refractivity contribution in [2.75, 3.05) is 13.7 Å². The molecule has 1 aliphatic rings. The Morgan fingerprint density at radius 2 is 2.25 bits per heavy atom. The molecule has 88 valence electrons. The van der Waals surface area contributed by atoms with E-state index in [1.165, 1.54) is 30.4 Å². The second-order valence-electron chi connectivity index (χ2n) is 4.55. The number of methoxy groups -OCH3 is 1. The molecule has 2 rings (SSSR count). The van der Waals surface area contributed by atoms with Crippen molar-refractivity contribution in [3.8, 4) is 0 Å². The van der Waals surface area contributed by atoms with Gasteiger partial charge in [0.05, 0.1) is 6.10 Å². The Labute approximate surface area is 98.0 Å². The van der Waals surface area contributed by atoms with Crippen LogP contribution in [0.2, 0.25) is 0 Å². The second kappa shape index (κ2) is 5.46. The number of piperidine rings is 1. The number of ether oxygens (including phenoxy) is 1. The molecular weight excluding hydrogens is 198 g/mol. The molecule has 0 saturated carbocycles. The van der Waals surface area contributed by atoms with Gasteiger partial charge < -0.3 is 10.1 Å². The summed E-state index contributed by atoms with van der Waals surface area (Å²) >= 11 is 0. The van der Waals surface area contributed by atoms with Gasteiger partial charge in [0.15, 0.2) is 0 Å². The molecular formula is C14H21NO. The first-order valence-electron chi connectivity index (χ1n) is 6.17. The Morgan fingerprint density at radius 1 is 1.38 bits per heavy atom. The fourth-order valence-electron chi connectivity index (χ4n) is 2.30. The van der Waals surface area contributed by atoms with Crippen LogP contribution < -0.4 is 5.32 Å². The van der Waals surface area contributed by atoms with Gasteiger partial charge in [0, 0.05) is 13.2 Å². The fourth-order valence-corrected chi connectivity index (χ4v) is 2.30. The SMILES string of the molecule is COC(C)c1cccc(C2CCCCN2)c1. The van der Waals surface area contributed by atoms with Crippen molar-refractivity contribution in [1.29, 1.82) is 0 Å². The lowest BCUT2D eigenvalue weighted by Gasteiger charge is -2.24. The van der Waals surface area contributed by atoms with E-state index in [0.29, 0.717) is 6.04 Å². The van der Waals surface area contributed by atoms with Crippen LogP contribution >= 0.6 is 0 Å². The Morgan fingerprint density at radius 3 is 2.94 bits per heavy atom. The van der Waals surface area contributed by atoms with E-state index in [-0.39, 0.29) is 6.10 Å². The van der Waals surface area contributed by atoms with E-state index in [9.17, 15) is 0 Å². The molecule has 2 heteroatoms. The maximum absolute atomic E-state index is 5.36. The van der Waals surface area contributed by atoms with Crippen LogP contribution in [0, 0.1) is 0 Å². The Kier molecular flexibility index (Phi) is 3.97. The van der Waals surface area contributed by atoms with Gasteiger partial charge in [0.25, 0.3) is 0 Å². The maximum Gasteiger partial charge on any atom is 0.0793 e. The lowest BCUT2D eigenvalue weighted by Crippen LogP contribution is -2.26. The first kappa shape index (κ1) is 11.6. The normalized spacial score (nSPS) is 23.0. The number of rotatable bonds is 3. The van der Waals surface area contributed by atoms with Gasteiger partial charge in [-0.05, 0) is 37.4 Å². The van der Waals surface area contributed by atoms with Crippen molar-refractivity contribution in [3.63, 3.8) is 0 Å². The molecule has 1 aliphatic heterocycles. The van der Waals surface area contributed by atoms with Gasteiger partial charge in [0.1, 0.15) is 0 Å². The second-order valence-corrected chi connectivity index (χ2v) is 4.55. The highest BCUT2D eigenvalue weighted by molar-refractivity contribution is 5.27. The summed E-state index contributed by atoms with van der Waals surface area (Å²) in [5.41, 5.74) is 2.67. The fraction of sp³-hybridized carbons (Fsp3) is 0.571. The molecule has 1 N–H and O–H groups in total. The van der Waals surface area contributed by atoms with Gasteiger partial charge in [0.2, 0.25) is 0 Å². The molecule has 1 aromatic carbocycles. The summed E-state index contributed by atoms with van der Waals surface area (Å²) in [7, 11) is 1.76. The van der Waals surface area contributed by atoms with Crippen molar-refractivity contribution in [2.45, 2.75) is 38.3 Å². The lowest BCUT2D eigenvalue weighted by atomic mass is 9.95. The Hall–Kier alpha value is -0.860. The molecule has 2 nitrogen and oxygen atoms in total. The van der Waals surface area contributed by atoms with Crippen molar-refractivity contribution >= 4 is 0 Å². The summed E-state index contributed by atoms with van der Waals surface area (Å²) in [4.78, 5) is 0. The van der Waals surface area contributed by atoms with E-state index >= 15 is 0 Å². The predicted molar refractivity (Wildman–Crippen MR) is 66.5 cm³/mol. The van der Waals surface area contributed by atoms with E-state index in [1.54, 1.807) is 7.11 Å². The van der Waals surface area contributed by atoms with Gasteiger partial charge >= 0.3 is 0 Å². The number of nitrogens with one attached hydrogen (secondary N) is 1. The molecule has 1 aromatic rings. The summed E-state index contributed by atoms with van der Waals surface area (Å²) in [6, 6.07) is 9.31. The number of hydrogen-bond acceptors (Lipinski definition) is 2. The summed E-state index contributed by atoms with van der Waals surface area (Å²) in [6.07, 6.45) is 4.08. The van der Waals surface area contributed by atoms with Crippen LogP contribution in [0.5, 0.6) is 0 Å². The zero-order valence-corrected chi connectivity index (χ0v) is 10.2. The van der Waals surface area contributed by atoms with Crippen LogP contribution in [-0.4, -0.2) is 13.7 Å². The summed E-state index contributed by atoms with van der Waals surface area (Å²) in [5.74, 6) is 0. The smallest absolute Gasteiger partial charge is 0.0793 e. The third-order valence-corrected chi connectivity index (χ3v) is 3.45. The number of benzene rings is 1. The van der Waals surface area contributed by atoms with Crippen molar-refractivity contribution < 1.29 is 4.74 Å². The first-order valence-corrected chi connectivity index (χ1v) is 6.17. The molecule has 1 saturated heterocycles. The third-order valence-electron chi connectivity index (χ3n) is 3.45. The quantitative estimate of drug-likeness (QED) is 0.843. The van der Waals surface area contributed by atoms with E-state index < -0.39 is 0 Å². The van der Waals surface area contributed by atoms with E-state index in [4.69, 9.17) is 4.74 Å². The maximum atomic E-state index is 5.36. The molecule has 0 aromatic heterocycles. The lowest BCUT2D eigenvalue weighted by molar-refractivity contribution is 0.119. The predicted octanol–water partition coefficient (Wildman–Crippen LogP) is 3.21. The minimum atomic E-state index is 0.184. The Balaban J connectivity index is 2.14. The highest BCUT2D eigenvalue weighted by Crippen LogP contribution is 2.25. The molecule has 2 unspecified atom stereocenters. The van der Waals surface area contributed by atoms with Crippen molar-refractivity contribution in [2.24, 2.45) is 0 Å². The average Bonchev–Trinajstić information content (AvgIpc) is 2.39. The topological polar surface area (TPSA) is 21.3 Å². The number of hydrogen-bond donors (Lipinski definition) is 1.